The Balaban J connectivity index is 2.09. The van der Waals surface area contributed by atoms with Gasteiger partial charge in [-0.2, -0.15) is 0 Å². The zero-order valence-corrected chi connectivity index (χ0v) is 24.8. The number of carboxylic acids is 1. The summed E-state index contributed by atoms with van der Waals surface area (Å²) >= 11 is 0. The van der Waals surface area contributed by atoms with Crippen molar-refractivity contribution in [3.05, 3.63) is 48.0 Å². The highest BCUT2D eigenvalue weighted by molar-refractivity contribution is 5.67. The summed E-state index contributed by atoms with van der Waals surface area (Å²) in [6, 6.07) is 10.9. The van der Waals surface area contributed by atoms with Crippen molar-refractivity contribution in [2.75, 3.05) is 6.54 Å². The Hall–Kier alpha value is -1.61. The van der Waals surface area contributed by atoms with Crippen molar-refractivity contribution in [3.8, 4) is 0 Å². The van der Waals surface area contributed by atoms with E-state index in [2.05, 4.69) is 56.3 Å². The summed E-state index contributed by atoms with van der Waals surface area (Å²) < 4.78 is 0. The van der Waals surface area contributed by atoms with Crippen LogP contribution in [0.3, 0.4) is 0 Å². The fraction of sp³-hybridized carbons (Fsp3) is 0.743. The van der Waals surface area contributed by atoms with Gasteiger partial charge in [0.1, 0.15) is 0 Å². The summed E-state index contributed by atoms with van der Waals surface area (Å²) in [4.78, 5) is 12.1. The molecule has 1 aliphatic carbocycles. The minimum Gasteiger partial charge on any atom is -0.481 e. The average Bonchev–Trinajstić information content (AvgIpc) is 3.39. The molecule has 0 radical (unpaired) electrons. The van der Waals surface area contributed by atoms with E-state index in [9.17, 15) is 9.90 Å². The third kappa shape index (κ3) is 12.1. The summed E-state index contributed by atoms with van der Waals surface area (Å²) in [5.74, 6) is 0.640. The van der Waals surface area contributed by atoms with Gasteiger partial charge in [0.15, 0.2) is 0 Å². The Morgan fingerprint density at radius 1 is 0.895 bits per heavy atom. The van der Waals surface area contributed by atoms with Crippen LogP contribution in [-0.4, -0.2) is 17.6 Å². The normalized spacial score (nSPS) is 17.6. The minimum atomic E-state index is -0.649. The summed E-state index contributed by atoms with van der Waals surface area (Å²) in [5.41, 5.74) is 7.70. The maximum atomic E-state index is 12.1. The lowest BCUT2D eigenvalue weighted by Crippen LogP contribution is -2.31. The largest absolute Gasteiger partial charge is 0.481 e. The Morgan fingerprint density at radius 3 is 2.26 bits per heavy atom. The van der Waals surface area contributed by atoms with E-state index < -0.39 is 5.97 Å². The van der Waals surface area contributed by atoms with Crippen LogP contribution < -0.4 is 5.73 Å². The van der Waals surface area contributed by atoms with E-state index in [1.165, 1.54) is 102 Å². The van der Waals surface area contributed by atoms with Gasteiger partial charge in [0.05, 0.1) is 0 Å². The van der Waals surface area contributed by atoms with E-state index in [4.69, 9.17) is 5.73 Å². The van der Waals surface area contributed by atoms with Crippen LogP contribution in [0.4, 0.5) is 0 Å². The van der Waals surface area contributed by atoms with Gasteiger partial charge in [-0.1, -0.05) is 114 Å². The molecule has 0 aromatic heterocycles. The second-order valence-corrected chi connectivity index (χ2v) is 12.2. The molecule has 1 aromatic rings. The molecule has 1 saturated carbocycles. The Morgan fingerprint density at radius 2 is 1.61 bits per heavy atom. The highest BCUT2D eigenvalue weighted by Gasteiger charge is 2.40. The molecule has 3 atom stereocenters. The Kier molecular flexibility index (Phi) is 16.7. The number of carboxylic acid groups (broad SMARTS) is 1. The molecule has 0 saturated heterocycles. The predicted octanol–water partition coefficient (Wildman–Crippen LogP) is 9.84. The quantitative estimate of drug-likeness (QED) is 0.117. The van der Waals surface area contributed by atoms with Gasteiger partial charge in [0.25, 0.3) is 0 Å². The van der Waals surface area contributed by atoms with E-state index in [1.807, 2.05) is 0 Å². The first-order chi connectivity index (χ1) is 18.5. The van der Waals surface area contributed by atoms with E-state index in [1.54, 1.807) is 0 Å². The first-order valence-corrected chi connectivity index (χ1v) is 16.2. The number of benzene rings is 1. The van der Waals surface area contributed by atoms with Gasteiger partial charge in [-0.05, 0) is 93.1 Å². The van der Waals surface area contributed by atoms with Crippen molar-refractivity contribution in [1.29, 1.82) is 0 Å². The number of nitrogens with two attached hydrogens (primary N) is 1. The second kappa shape index (κ2) is 19.4. The maximum absolute atomic E-state index is 12.1. The fourth-order valence-corrected chi connectivity index (χ4v) is 7.02. The van der Waals surface area contributed by atoms with Crippen LogP contribution in [0.1, 0.15) is 141 Å². The van der Waals surface area contributed by atoms with Crippen molar-refractivity contribution in [2.45, 2.75) is 141 Å². The molecule has 0 unspecified atom stereocenters. The summed E-state index contributed by atoms with van der Waals surface area (Å²) in [6.07, 6.45) is 27.1. The zero-order valence-electron chi connectivity index (χ0n) is 24.8. The molecule has 2 rings (SSSR count). The van der Waals surface area contributed by atoms with Crippen molar-refractivity contribution in [2.24, 2.45) is 23.5 Å². The van der Waals surface area contributed by atoms with Crippen LogP contribution in [-0.2, 0) is 10.2 Å². The lowest BCUT2D eigenvalue weighted by Gasteiger charge is -2.37. The SMILES string of the molecule is CCCCCCC=CC[C@H](CCCCC)CC[C@H](CCN)[C@H](CC(=O)O)CC1(c2ccccc2)CCCC1. The van der Waals surface area contributed by atoms with E-state index in [-0.39, 0.29) is 17.8 Å². The molecular formula is C35H59NO2. The first-order valence-electron chi connectivity index (χ1n) is 16.2. The highest BCUT2D eigenvalue weighted by Crippen LogP contribution is 2.48. The Labute approximate surface area is 235 Å². The molecule has 0 heterocycles. The van der Waals surface area contributed by atoms with Gasteiger partial charge in [-0.25, -0.2) is 0 Å². The van der Waals surface area contributed by atoms with E-state index in [0.717, 1.165) is 19.3 Å². The Bertz CT molecular complexity index is 752. The minimum absolute atomic E-state index is 0.134. The molecule has 3 heteroatoms. The number of unbranched alkanes of at least 4 members (excludes halogenated alkanes) is 6. The smallest absolute Gasteiger partial charge is 0.303 e. The van der Waals surface area contributed by atoms with E-state index in [0.29, 0.717) is 18.4 Å². The predicted molar refractivity (Wildman–Crippen MR) is 163 cm³/mol. The fourth-order valence-electron chi connectivity index (χ4n) is 7.02. The lowest BCUT2D eigenvalue weighted by molar-refractivity contribution is -0.138. The van der Waals surface area contributed by atoms with Gasteiger partial charge in [0, 0.05) is 6.42 Å². The molecule has 38 heavy (non-hydrogen) atoms. The van der Waals surface area contributed by atoms with Crippen molar-refractivity contribution in [1.82, 2.24) is 0 Å². The number of carbonyl (C=O) groups is 1. The first kappa shape index (κ1) is 32.6. The highest BCUT2D eigenvalue weighted by atomic mass is 16.4. The second-order valence-electron chi connectivity index (χ2n) is 12.2. The number of hydrogen-bond acceptors (Lipinski definition) is 2. The van der Waals surface area contributed by atoms with Gasteiger partial charge in [-0.15, -0.1) is 0 Å². The molecule has 3 N–H and O–H groups in total. The van der Waals surface area contributed by atoms with Gasteiger partial charge in [0.2, 0.25) is 0 Å². The summed E-state index contributed by atoms with van der Waals surface area (Å²) in [6.45, 7) is 5.20. The molecular weight excluding hydrogens is 466 g/mol. The molecule has 1 fully saturated rings. The molecule has 0 spiro atoms. The molecule has 216 valence electrons. The summed E-state index contributed by atoms with van der Waals surface area (Å²) in [7, 11) is 0. The third-order valence-corrected chi connectivity index (χ3v) is 9.26. The van der Waals surface area contributed by atoms with E-state index >= 15 is 0 Å². The summed E-state index contributed by atoms with van der Waals surface area (Å²) in [5, 5.41) is 9.93. The zero-order chi connectivity index (χ0) is 27.5. The molecule has 0 aliphatic heterocycles. The molecule has 0 amide bonds. The average molecular weight is 526 g/mol. The molecule has 1 aliphatic rings. The van der Waals surface area contributed by atoms with Crippen LogP contribution in [0.15, 0.2) is 42.5 Å². The maximum Gasteiger partial charge on any atom is 0.303 e. The topological polar surface area (TPSA) is 63.3 Å². The van der Waals surface area contributed by atoms with Crippen LogP contribution in [0.25, 0.3) is 0 Å². The lowest BCUT2D eigenvalue weighted by atomic mass is 9.67. The van der Waals surface area contributed by atoms with Crippen LogP contribution in [0, 0.1) is 17.8 Å². The number of allylic oxidation sites excluding steroid dienone is 2. The van der Waals surface area contributed by atoms with Gasteiger partial charge >= 0.3 is 5.97 Å². The van der Waals surface area contributed by atoms with Crippen molar-refractivity contribution < 1.29 is 9.90 Å². The number of hydrogen-bond donors (Lipinski definition) is 2. The van der Waals surface area contributed by atoms with Crippen LogP contribution in [0.2, 0.25) is 0 Å². The van der Waals surface area contributed by atoms with Gasteiger partial charge < -0.3 is 10.8 Å². The van der Waals surface area contributed by atoms with Crippen LogP contribution in [0.5, 0.6) is 0 Å². The van der Waals surface area contributed by atoms with Crippen molar-refractivity contribution >= 4 is 5.97 Å². The van der Waals surface area contributed by atoms with Gasteiger partial charge in [-0.3, -0.25) is 4.79 Å². The molecule has 1 aromatic carbocycles. The standard InChI is InChI=1S/C35H59NO2/c1-3-5-7-8-9-10-13-19-30(18-12-6-4-2)22-23-31(24-27-36)32(28-34(37)38)29-35(25-16-17-26-35)33-20-14-11-15-21-33/h10-11,13-15,20-21,30-32H,3-9,12,16-19,22-29,36H2,1-2H3,(H,37,38)/t30-,31+,32+/m0/s1. The van der Waals surface area contributed by atoms with Crippen molar-refractivity contribution in [3.63, 3.8) is 0 Å². The van der Waals surface area contributed by atoms with Crippen LogP contribution >= 0.6 is 0 Å². The third-order valence-electron chi connectivity index (χ3n) is 9.26. The number of aliphatic carboxylic acids is 1. The molecule has 0 bridgehead atoms. The number of rotatable bonds is 22. The molecule has 3 nitrogen and oxygen atoms in total. The monoisotopic (exact) mass is 525 g/mol.